The predicted molar refractivity (Wildman–Crippen MR) is 90.4 cm³/mol. The van der Waals surface area contributed by atoms with Gasteiger partial charge in [0.1, 0.15) is 11.9 Å². The van der Waals surface area contributed by atoms with Gasteiger partial charge in [-0.05, 0) is 30.9 Å². The number of amides is 2. The number of benzene rings is 1. The van der Waals surface area contributed by atoms with Crippen LogP contribution in [0.4, 0.5) is 4.79 Å². The van der Waals surface area contributed by atoms with Crippen molar-refractivity contribution in [2.75, 3.05) is 32.9 Å². The molecule has 0 saturated carbocycles. The first kappa shape index (κ1) is 17.0. The molecule has 6 nitrogen and oxygen atoms in total. The summed E-state index contributed by atoms with van der Waals surface area (Å²) in [5, 5.41) is 5.70. The van der Waals surface area contributed by atoms with Gasteiger partial charge in [-0.25, -0.2) is 4.79 Å². The summed E-state index contributed by atoms with van der Waals surface area (Å²) in [6, 6.07) is 7.83. The van der Waals surface area contributed by atoms with Crippen LogP contribution in [0.25, 0.3) is 0 Å². The van der Waals surface area contributed by atoms with Crippen LogP contribution in [0, 0.1) is 0 Å². The Morgan fingerprint density at radius 3 is 3.00 bits per heavy atom. The molecular weight excluding hydrogens is 308 g/mol. The topological polar surface area (TPSA) is 68.8 Å². The van der Waals surface area contributed by atoms with E-state index in [0.29, 0.717) is 26.3 Å². The van der Waals surface area contributed by atoms with Crippen LogP contribution in [-0.4, -0.2) is 51.1 Å². The van der Waals surface area contributed by atoms with Crippen LogP contribution < -0.4 is 15.4 Å². The van der Waals surface area contributed by atoms with Crippen molar-refractivity contribution in [3.63, 3.8) is 0 Å². The van der Waals surface area contributed by atoms with Gasteiger partial charge in [-0.1, -0.05) is 18.2 Å². The number of urea groups is 1. The molecule has 1 aromatic rings. The zero-order valence-corrected chi connectivity index (χ0v) is 14.0. The fourth-order valence-electron chi connectivity index (χ4n) is 3.00. The summed E-state index contributed by atoms with van der Waals surface area (Å²) in [7, 11) is 0. The van der Waals surface area contributed by atoms with E-state index in [4.69, 9.17) is 14.2 Å². The summed E-state index contributed by atoms with van der Waals surface area (Å²) in [5.74, 6) is 0.924. The maximum absolute atomic E-state index is 11.8. The zero-order chi connectivity index (χ0) is 16.6. The fourth-order valence-corrected chi connectivity index (χ4v) is 3.00. The highest BCUT2D eigenvalue weighted by molar-refractivity contribution is 5.73. The summed E-state index contributed by atoms with van der Waals surface area (Å²) < 4.78 is 16.8. The van der Waals surface area contributed by atoms with Gasteiger partial charge in [0.05, 0.1) is 19.3 Å². The minimum Gasteiger partial charge on any atom is -0.488 e. The largest absolute Gasteiger partial charge is 0.488 e. The lowest BCUT2D eigenvalue weighted by molar-refractivity contribution is 0.0168. The van der Waals surface area contributed by atoms with Gasteiger partial charge in [-0.3, -0.25) is 0 Å². The number of ether oxygens (including phenoxy) is 3. The second-order valence-electron chi connectivity index (χ2n) is 6.25. The number of para-hydroxylation sites is 1. The highest BCUT2D eigenvalue weighted by atomic mass is 16.5. The molecule has 2 aliphatic rings. The van der Waals surface area contributed by atoms with Crippen molar-refractivity contribution in [1.29, 1.82) is 0 Å². The summed E-state index contributed by atoms with van der Waals surface area (Å²) in [4.78, 5) is 11.8. The van der Waals surface area contributed by atoms with Crippen molar-refractivity contribution in [3.05, 3.63) is 29.8 Å². The van der Waals surface area contributed by atoms with E-state index in [0.717, 1.165) is 38.0 Å². The number of hydrogen-bond donors (Lipinski definition) is 2. The maximum Gasteiger partial charge on any atom is 0.314 e. The lowest BCUT2D eigenvalue weighted by Gasteiger charge is -2.13. The van der Waals surface area contributed by atoms with Gasteiger partial charge < -0.3 is 24.8 Å². The fraction of sp³-hybridized carbons (Fsp3) is 0.611. The zero-order valence-electron chi connectivity index (χ0n) is 14.0. The normalized spacial score (nSPS) is 22.0. The third-order valence-corrected chi connectivity index (χ3v) is 4.28. The number of nitrogens with one attached hydrogen (secondary N) is 2. The van der Waals surface area contributed by atoms with E-state index in [1.165, 1.54) is 5.56 Å². The molecule has 2 N–H and O–H groups in total. The monoisotopic (exact) mass is 334 g/mol. The van der Waals surface area contributed by atoms with Crippen molar-refractivity contribution >= 4 is 6.03 Å². The van der Waals surface area contributed by atoms with Crippen LogP contribution in [0.15, 0.2) is 24.3 Å². The Labute approximate surface area is 142 Å². The van der Waals surface area contributed by atoms with E-state index in [1.807, 2.05) is 18.2 Å². The quantitative estimate of drug-likeness (QED) is 0.712. The van der Waals surface area contributed by atoms with Gasteiger partial charge >= 0.3 is 6.03 Å². The van der Waals surface area contributed by atoms with Crippen LogP contribution in [0.2, 0.25) is 0 Å². The molecule has 0 spiro atoms. The summed E-state index contributed by atoms with van der Waals surface area (Å²) >= 11 is 0. The van der Waals surface area contributed by atoms with Crippen LogP contribution in [0.3, 0.4) is 0 Å². The second-order valence-corrected chi connectivity index (χ2v) is 6.25. The Kier molecular flexibility index (Phi) is 6.32. The van der Waals surface area contributed by atoms with E-state index in [2.05, 4.69) is 16.7 Å². The molecule has 0 aliphatic carbocycles. The molecule has 132 valence electrons. The molecule has 0 unspecified atom stereocenters. The van der Waals surface area contributed by atoms with Crippen molar-refractivity contribution in [2.24, 2.45) is 0 Å². The molecule has 24 heavy (non-hydrogen) atoms. The van der Waals surface area contributed by atoms with E-state index < -0.39 is 0 Å². The number of carbonyl (C=O) groups excluding carboxylic acids is 1. The van der Waals surface area contributed by atoms with E-state index in [1.54, 1.807) is 0 Å². The Morgan fingerprint density at radius 2 is 2.17 bits per heavy atom. The first-order chi connectivity index (χ1) is 11.8. The van der Waals surface area contributed by atoms with Crippen LogP contribution >= 0.6 is 0 Å². The van der Waals surface area contributed by atoms with E-state index >= 15 is 0 Å². The number of carbonyl (C=O) groups is 1. The molecular formula is C18H26N2O4. The number of rotatable bonds is 8. The third kappa shape index (κ3) is 5.11. The molecule has 3 rings (SSSR count). The Hall–Kier alpha value is -1.79. The van der Waals surface area contributed by atoms with Crippen molar-refractivity contribution in [2.45, 2.75) is 37.9 Å². The molecule has 0 radical (unpaired) electrons. The molecule has 2 aliphatic heterocycles. The Morgan fingerprint density at radius 1 is 1.25 bits per heavy atom. The molecule has 2 atom stereocenters. The minimum absolute atomic E-state index is 0.0166. The first-order valence-electron chi connectivity index (χ1n) is 8.77. The Balaban J connectivity index is 1.20. The summed E-state index contributed by atoms with van der Waals surface area (Å²) in [5.41, 5.74) is 1.20. The predicted octanol–water partition coefficient (Wildman–Crippen LogP) is 1.88. The lowest BCUT2D eigenvalue weighted by Crippen LogP contribution is -2.41. The SMILES string of the molecule is O=C(NCCCOC[C@H]1CCCO1)NC[C@H]1Cc2ccccc2O1. The smallest absolute Gasteiger partial charge is 0.314 e. The third-order valence-electron chi connectivity index (χ3n) is 4.28. The van der Waals surface area contributed by atoms with Crippen molar-refractivity contribution < 1.29 is 19.0 Å². The van der Waals surface area contributed by atoms with E-state index in [9.17, 15) is 4.79 Å². The van der Waals surface area contributed by atoms with Crippen molar-refractivity contribution in [1.82, 2.24) is 10.6 Å². The summed E-state index contributed by atoms with van der Waals surface area (Å²) in [6.45, 7) is 3.26. The minimum atomic E-state index is -0.159. The molecule has 0 aromatic heterocycles. The van der Waals surface area contributed by atoms with E-state index in [-0.39, 0.29) is 18.2 Å². The average Bonchev–Trinajstić information content (AvgIpc) is 3.25. The van der Waals surface area contributed by atoms with Gasteiger partial charge in [0, 0.05) is 26.2 Å². The second kappa shape index (κ2) is 8.89. The average molecular weight is 334 g/mol. The van der Waals surface area contributed by atoms with Gasteiger partial charge in [-0.2, -0.15) is 0 Å². The number of fused-ring (bicyclic) bond motifs is 1. The molecule has 2 amide bonds. The molecule has 1 aromatic carbocycles. The summed E-state index contributed by atoms with van der Waals surface area (Å²) in [6.07, 6.45) is 4.14. The molecule has 0 bridgehead atoms. The lowest BCUT2D eigenvalue weighted by atomic mass is 10.1. The van der Waals surface area contributed by atoms with Crippen LogP contribution in [-0.2, 0) is 15.9 Å². The van der Waals surface area contributed by atoms with Gasteiger partial charge in [-0.15, -0.1) is 0 Å². The van der Waals surface area contributed by atoms with Crippen molar-refractivity contribution in [3.8, 4) is 5.75 Å². The Bertz CT molecular complexity index is 507. The maximum atomic E-state index is 11.8. The number of hydrogen-bond acceptors (Lipinski definition) is 4. The standard InChI is InChI=1S/C18H26N2O4/c21-18(19-8-4-9-22-13-15-6-3-10-23-15)20-12-16-11-14-5-1-2-7-17(14)24-16/h1-2,5,7,15-16H,3-4,6,8-13H2,(H2,19,20,21)/t15-,16-/m1/s1. The highest BCUT2D eigenvalue weighted by Crippen LogP contribution is 2.27. The van der Waals surface area contributed by atoms with Crippen LogP contribution in [0.5, 0.6) is 5.75 Å². The first-order valence-corrected chi connectivity index (χ1v) is 8.77. The molecule has 6 heteroatoms. The van der Waals surface area contributed by atoms with Crippen LogP contribution in [0.1, 0.15) is 24.8 Å². The van der Waals surface area contributed by atoms with Gasteiger partial charge in [0.25, 0.3) is 0 Å². The molecule has 1 fully saturated rings. The molecule has 2 heterocycles. The van der Waals surface area contributed by atoms with Gasteiger partial charge in [0.15, 0.2) is 0 Å². The van der Waals surface area contributed by atoms with Gasteiger partial charge in [0.2, 0.25) is 0 Å². The molecule has 1 saturated heterocycles. The highest BCUT2D eigenvalue weighted by Gasteiger charge is 2.22.